The van der Waals surface area contributed by atoms with Crippen LogP contribution in [0.3, 0.4) is 0 Å². The van der Waals surface area contributed by atoms with E-state index in [1.165, 1.54) is 4.90 Å². The van der Waals surface area contributed by atoms with Crippen molar-refractivity contribution in [1.29, 1.82) is 0 Å². The summed E-state index contributed by atoms with van der Waals surface area (Å²) in [6, 6.07) is 20.0. The number of rotatable bonds is 4. The second-order valence-corrected chi connectivity index (χ2v) is 8.62. The van der Waals surface area contributed by atoms with Gasteiger partial charge in [0, 0.05) is 19.5 Å². The molecule has 5 nitrogen and oxygen atoms in total. The SMILES string of the molecule is O=C(C(Cc1cccc2ccccc12)N1C(=O)c2ccccc2C1=O)N1CCCCCC1. The first-order valence-corrected chi connectivity index (χ1v) is 11.4. The van der Waals surface area contributed by atoms with Crippen molar-refractivity contribution in [2.75, 3.05) is 13.1 Å². The summed E-state index contributed by atoms with van der Waals surface area (Å²) in [5.74, 6) is -0.882. The highest BCUT2D eigenvalue weighted by atomic mass is 16.2. The first kappa shape index (κ1) is 20.4. The lowest BCUT2D eigenvalue weighted by Gasteiger charge is -2.31. The number of hydrogen-bond acceptors (Lipinski definition) is 3. The van der Waals surface area contributed by atoms with Crippen LogP contribution in [0.1, 0.15) is 52.0 Å². The molecule has 0 spiro atoms. The largest absolute Gasteiger partial charge is 0.341 e. The molecule has 2 aliphatic heterocycles. The first-order chi connectivity index (χ1) is 15.6. The van der Waals surface area contributed by atoms with Crippen molar-refractivity contribution in [3.05, 3.63) is 83.4 Å². The predicted octanol–water partition coefficient (Wildman–Crippen LogP) is 4.45. The van der Waals surface area contributed by atoms with E-state index in [9.17, 15) is 14.4 Å². The number of benzene rings is 3. The maximum absolute atomic E-state index is 13.8. The first-order valence-electron chi connectivity index (χ1n) is 11.4. The van der Waals surface area contributed by atoms with E-state index < -0.39 is 6.04 Å². The minimum atomic E-state index is -0.855. The number of carbonyl (C=O) groups excluding carboxylic acids is 3. The number of imide groups is 1. The maximum Gasteiger partial charge on any atom is 0.262 e. The molecule has 1 atom stereocenters. The van der Waals surface area contributed by atoms with Crippen LogP contribution in [0.15, 0.2) is 66.7 Å². The molecule has 3 aromatic carbocycles. The van der Waals surface area contributed by atoms with Crippen LogP contribution >= 0.6 is 0 Å². The van der Waals surface area contributed by atoms with Crippen molar-refractivity contribution in [3.63, 3.8) is 0 Å². The van der Waals surface area contributed by atoms with Crippen molar-refractivity contribution in [2.24, 2.45) is 0 Å². The van der Waals surface area contributed by atoms with Crippen LogP contribution in [0.5, 0.6) is 0 Å². The summed E-state index contributed by atoms with van der Waals surface area (Å²) in [7, 11) is 0. The Bertz CT molecular complexity index is 1150. The molecular formula is C27H26N2O3. The Balaban J connectivity index is 1.56. The number of hydrogen-bond donors (Lipinski definition) is 0. The molecule has 0 aromatic heterocycles. The van der Waals surface area contributed by atoms with Crippen LogP contribution in [0.4, 0.5) is 0 Å². The van der Waals surface area contributed by atoms with Gasteiger partial charge < -0.3 is 4.90 Å². The zero-order chi connectivity index (χ0) is 22.1. The fourth-order valence-corrected chi connectivity index (χ4v) is 4.96. The Labute approximate surface area is 187 Å². The molecule has 5 rings (SSSR count). The van der Waals surface area contributed by atoms with Gasteiger partial charge in [0.15, 0.2) is 0 Å². The summed E-state index contributed by atoms with van der Waals surface area (Å²) in [6.07, 6.45) is 4.42. The number of amides is 3. The molecule has 1 fully saturated rings. The lowest BCUT2D eigenvalue weighted by Crippen LogP contribution is -2.52. The highest BCUT2D eigenvalue weighted by molar-refractivity contribution is 6.22. The minimum Gasteiger partial charge on any atom is -0.341 e. The molecular weight excluding hydrogens is 400 g/mol. The summed E-state index contributed by atoms with van der Waals surface area (Å²) in [5, 5.41) is 2.12. The van der Waals surface area contributed by atoms with Gasteiger partial charge in [0.25, 0.3) is 11.8 Å². The Morgan fingerprint density at radius 2 is 1.34 bits per heavy atom. The highest BCUT2D eigenvalue weighted by Crippen LogP contribution is 2.29. The van der Waals surface area contributed by atoms with E-state index in [4.69, 9.17) is 0 Å². The summed E-state index contributed by atoms with van der Waals surface area (Å²) in [6.45, 7) is 1.35. The molecule has 0 saturated carbocycles. The van der Waals surface area contributed by atoms with Gasteiger partial charge in [-0.3, -0.25) is 19.3 Å². The average molecular weight is 427 g/mol. The van der Waals surface area contributed by atoms with Gasteiger partial charge >= 0.3 is 0 Å². The molecule has 3 aromatic rings. The van der Waals surface area contributed by atoms with Crippen LogP contribution in [-0.4, -0.2) is 46.7 Å². The maximum atomic E-state index is 13.8. The molecule has 0 aliphatic carbocycles. The van der Waals surface area contributed by atoms with Gasteiger partial charge in [-0.1, -0.05) is 67.4 Å². The van der Waals surface area contributed by atoms with Gasteiger partial charge in [0.2, 0.25) is 5.91 Å². The number of likely N-dealkylation sites (tertiary alicyclic amines) is 1. The van der Waals surface area contributed by atoms with Crippen molar-refractivity contribution in [1.82, 2.24) is 9.80 Å². The van der Waals surface area contributed by atoms with Crippen LogP contribution in [-0.2, 0) is 11.2 Å². The van der Waals surface area contributed by atoms with Crippen LogP contribution in [0.25, 0.3) is 10.8 Å². The van der Waals surface area contributed by atoms with E-state index in [0.717, 1.165) is 42.0 Å². The standard InChI is InChI=1S/C27H26N2O3/c30-25-22-14-5-6-15-23(22)26(31)29(25)24(27(32)28-16-7-1-2-8-17-28)18-20-12-9-11-19-10-3-4-13-21(19)20/h3-6,9-15,24H,1-2,7-8,16-18H2. The van der Waals surface area contributed by atoms with Crippen molar-refractivity contribution in [3.8, 4) is 0 Å². The minimum absolute atomic E-state index is 0.130. The van der Waals surface area contributed by atoms with Crippen molar-refractivity contribution in [2.45, 2.75) is 38.1 Å². The third-order valence-electron chi connectivity index (χ3n) is 6.63. The Hall–Kier alpha value is -3.47. The van der Waals surface area contributed by atoms with Gasteiger partial charge in [-0.25, -0.2) is 0 Å². The van der Waals surface area contributed by atoms with Crippen LogP contribution < -0.4 is 0 Å². The molecule has 0 N–H and O–H groups in total. The van der Waals surface area contributed by atoms with E-state index in [0.29, 0.717) is 30.6 Å². The molecule has 5 heteroatoms. The van der Waals surface area contributed by atoms with Gasteiger partial charge in [0.05, 0.1) is 11.1 Å². The average Bonchev–Trinajstić information content (AvgIpc) is 3.00. The molecule has 3 amide bonds. The lowest BCUT2D eigenvalue weighted by atomic mass is 9.97. The molecule has 1 unspecified atom stereocenters. The molecule has 2 aliphatic rings. The Morgan fingerprint density at radius 1 is 0.750 bits per heavy atom. The third kappa shape index (κ3) is 3.58. The number of carbonyl (C=O) groups is 3. The van der Waals surface area contributed by atoms with E-state index in [2.05, 4.69) is 0 Å². The summed E-state index contributed by atoms with van der Waals surface area (Å²) in [5.41, 5.74) is 1.72. The van der Waals surface area contributed by atoms with Crippen molar-refractivity contribution >= 4 is 28.5 Å². The van der Waals surface area contributed by atoms with Crippen LogP contribution in [0, 0.1) is 0 Å². The molecule has 2 heterocycles. The third-order valence-corrected chi connectivity index (χ3v) is 6.63. The van der Waals surface area contributed by atoms with Gasteiger partial charge in [-0.15, -0.1) is 0 Å². The van der Waals surface area contributed by atoms with E-state index in [1.807, 2.05) is 47.4 Å². The second kappa shape index (κ2) is 8.58. The van der Waals surface area contributed by atoms with E-state index in [-0.39, 0.29) is 17.7 Å². The predicted molar refractivity (Wildman–Crippen MR) is 123 cm³/mol. The Kier molecular flexibility index (Phi) is 5.48. The summed E-state index contributed by atoms with van der Waals surface area (Å²) >= 11 is 0. The molecule has 1 saturated heterocycles. The smallest absolute Gasteiger partial charge is 0.262 e. The fraction of sp³-hybridized carbons (Fsp3) is 0.296. The molecule has 0 bridgehead atoms. The van der Waals surface area contributed by atoms with Crippen LogP contribution in [0.2, 0.25) is 0 Å². The van der Waals surface area contributed by atoms with Gasteiger partial charge in [0.1, 0.15) is 6.04 Å². The van der Waals surface area contributed by atoms with Gasteiger partial charge in [-0.2, -0.15) is 0 Å². The zero-order valence-electron chi connectivity index (χ0n) is 18.0. The number of nitrogens with zero attached hydrogens (tertiary/aromatic N) is 2. The van der Waals surface area contributed by atoms with Crippen molar-refractivity contribution < 1.29 is 14.4 Å². The normalized spacial score (nSPS) is 17.4. The van der Waals surface area contributed by atoms with E-state index in [1.54, 1.807) is 24.3 Å². The lowest BCUT2D eigenvalue weighted by molar-refractivity contribution is -0.135. The summed E-state index contributed by atoms with van der Waals surface area (Å²) < 4.78 is 0. The quantitative estimate of drug-likeness (QED) is 0.579. The Morgan fingerprint density at radius 3 is 2.03 bits per heavy atom. The van der Waals surface area contributed by atoms with E-state index >= 15 is 0 Å². The fourth-order valence-electron chi connectivity index (χ4n) is 4.96. The second-order valence-electron chi connectivity index (χ2n) is 8.62. The molecule has 0 radical (unpaired) electrons. The zero-order valence-corrected chi connectivity index (χ0v) is 18.0. The van der Waals surface area contributed by atoms with Gasteiger partial charge in [-0.05, 0) is 41.3 Å². The number of fused-ring (bicyclic) bond motifs is 2. The molecule has 162 valence electrons. The molecule has 32 heavy (non-hydrogen) atoms. The monoisotopic (exact) mass is 426 g/mol. The highest BCUT2D eigenvalue weighted by Gasteiger charge is 2.44. The topological polar surface area (TPSA) is 57.7 Å². The summed E-state index contributed by atoms with van der Waals surface area (Å²) in [4.78, 5) is 43.4.